The Hall–Kier alpha value is -6.30. The third kappa shape index (κ3) is 21.3. The molecular weight excluding hydrogens is 949 g/mol. The van der Waals surface area contributed by atoms with Crippen molar-refractivity contribution in [1.29, 1.82) is 0 Å². The van der Waals surface area contributed by atoms with E-state index in [1.165, 1.54) is 17.9 Å². The number of nitrogens with two attached hydrogens (primary N) is 7. The Kier molecular flexibility index (Phi) is 27.9. The van der Waals surface area contributed by atoms with Crippen LogP contribution in [0.25, 0.3) is 0 Å². The van der Waals surface area contributed by atoms with Gasteiger partial charge in [0.15, 0.2) is 5.96 Å². The number of likely N-dealkylation sites (tertiary alicyclic amines) is 1. The van der Waals surface area contributed by atoms with Crippen molar-refractivity contribution >= 4 is 70.5 Å². The highest BCUT2D eigenvalue weighted by atomic mass is 32.1. The summed E-state index contributed by atoms with van der Waals surface area (Å²) >= 11 is 1.14. The first kappa shape index (κ1) is 60.8. The van der Waals surface area contributed by atoms with Crippen LogP contribution in [0.15, 0.2) is 34.3 Å². The van der Waals surface area contributed by atoms with E-state index in [1.54, 1.807) is 17.5 Å². The number of aliphatic carboxylic acids is 1. The first-order chi connectivity index (χ1) is 33.8. The molecule has 8 amide bonds. The number of carboxylic acids is 1. The molecule has 27 nitrogen and oxygen atoms in total. The molecule has 1 aliphatic rings. The topological polar surface area (TPSA) is 476 Å². The number of aliphatic imine (C=N–C) groups is 1. The van der Waals surface area contributed by atoms with Gasteiger partial charge in [0.05, 0.1) is 18.7 Å². The molecule has 398 valence electrons. The predicted octanol–water partition coefficient (Wildman–Crippen LogP) is -5.64. The number of guanidine groups is 1. The molecule has 0 aromatic carbocycles. The fourth-order valence-electron chi connectivity index (χ4n) is 7.18. The number of thiophene rings is 1. The van der Waals surface area contributed by atoms with Crippen molar-refractivity contribution in [3.8, 4) is 0 Å². The number of nitrogens with zero attached hydrogens (tertiary/aromatic N) is 2. The lowest BCUT2D eigenvalue weighted by Gasteiger charge is -2.30. The number of aliphatic hydroxyl groups is 1. The summed E-state index contributed by atoms with van der Waals surface area (Å²) in [5, 5.41) is 39.2. The summed E-state index contributed by atoms with van der Waals surface area (Å²) in [5.41, 5.74) is 38.6. The normalized spacial score (nSPS) is 16.4. The maximum atomic E-state index is 14.1. The van der Waals surface area contributed by atoms with E-state index in [-0.39, 0.29) is 70.7 Å². The molecule has 1 aliphatic heterocycles. The zero-order valence-corrected chi connectivity index (χ0v) is 40.9. The minimum absolute atomic E-state index is 0.0496. The average Bonchev–Trinajstić information content (AvgIpc) is 4.07. The van der Waals surface area contributed by atoms with E-state index >= 15 is 0 Å². The van der Waals surface area contributed by atoms with Crippen LogP contribution < -0.4 is 77.4 Å². The van der Waals surface area contributed by atoms with Crippen molar-refractivity contribution in [3.05, 3.63) is 34.2 Å². The first-order valence-corrected chi connectivity index (χ1v) is 24.3. The summed E-state index contributed by atoms with van der Waals surface area (Å²) in [6.07, 6.45) is 3.05. The molecule has 0 saturated carbocycles. The highest BCUT2D eigenvalue weighted by molar-refractivity contribution is 7.10. The van der Waals surface area contributed by atoms with Gasteiger partial charge in [0.25, 0.3) is 0 Å². The van der Waals surface area contributed by atoms with Crippen LogP contribution in [0, 0.1) is 0 Å². The van der Waals surface area contributed by atoms with E-state index < -0.39 is 120 Å². The fraction of sp³-hybridized carbons (Fsp3) is 0.628. The Balaban J connectivity index is 2.18. The molecule has 23 N–H and O–H groups in total. The lowest BCUT2D eigenvalue weighted by Crippen LogP contribution is -2.60. The Labute approximate surface area is 416 Å². The predicted molar refractivity (Wildman–Crippen MR) is 263 cm³/mol. The van der Waals surface area contributed by atoms with E-state index in [0.717, 1.165) is 11.3 Å². The number of rotatable bonds is 33. The Morgan fingerprint density at radius 1 is 0.817 bits per heavy atom. The van der Waals surface area contributed by atoms with Gasteiger partial charge in [-0.25, -0.2) is 4.79 Å². The van der Waals surface area contributed by atoms with Gasteiger partial charge in [-0.1, -0.05) is 18.6 Å². The molecule has 1 aromatic heterocycles. The van der Waals surface area contributed by atoms with Crippen LogP contribution in [0.2, 0.25) is 0 Å². The number of carboxylic acid groups (broad SMARTS) is 1. The average molecular weight is 1020 g/mol. The molecule has 0 bridgehead atoms. The summed E-state index contributed by atoms with van der Waals surface area (Å²) < 4.78 is 0. The zero-order valence-electron chi connectivity index (χ0n) is 40.1. The van der Waals surface area contributed by atoms with Crippen molar-refractivity contribution in [1.82, 2.24) is 42.1 Å². The van der Waals surface area contributed by atoms with Crippen molar-refractivity contribution in [3.63, 3.8) is 0 Å². The van der Waals surface area contributed by atoms with Gasteiger partial charge < -0.3 is 92.5 Å². The van der Waals surface area contributed by atoms with Gasteiger partial charge in [-0.3, -0.25) is 43.3 Å². The summed E-state index contributed by atoms with van der Waals surface area (Å²) in [6, 6.07) is -5.51. The number of amides is 8. The molecule has 1 saturated heterocycles. The van der Waals surface area contributed by atoms with E-state index in [0.29, 0.717) is 43.5 Å². The quantitative estimate of drug-likeness (QED) is 0.0135. The molecule has 2 heterocycles. The van der Waals surface area contributed by atoms with Gasteiger partial charge in [-0.2, -0.15) is 0 Å². The lowest BCUT2D eigenvalue weighted by molar-refractivity contribution is -0.142. The van der Waals surface area contributed by atoms with Gasteiger partial charge >= 0.3 is 5.97 Å². The van der Waals surface area contributed by atoms with Crippen LogP contribution in [0.1, 0.15) is 88.5 Å². The molecule has 71 heavy (non-hydrogen) atoms. The molecule has 0 radical (unpaired) electrons. The van der Waals surface area contributed by atoms with Crippen molar-refractivity contribution in [2.75, 3.05) is 45.8 Å². The first-order valence-electron chi connectivity index (χ1n) is 23.5. The Morgan fingerprint density at radius 2 is 1.48 bits per heavy atom. The van der Waals surface area contributed by atoms with Crippen LogP contribution in [0.3, 0.4) is 0 Å². The maximum Gasteiger partial charge on any atom is 0.352 e. The van der Waals surface area contributed by atoms with E-state index in [1.807, 2.05) is 0 Å². The van der Waals surface area contributed by atoms with Crippen LogP contribution in [-0.4, -0.2) is 162 Å². The SMILES string of the molecule is C[C@H](NC(=O)[C@@H](NC(=O)[C@@H](N)CCCCN)[C@@H](O)CN)C(=O)NCC(=O)N[C@H](CCCN)C(=O)N1CCC[C@H]1C(=O)NC(C(=O)N[C@@H](CCCCN)C(=O)N/C(=C\CCN=C(N)N)C(=O)O)c1cccs1. The van der Waals surface area contributed by atoms with Gasteiger partial charge in [0.1, 0.15) is 41.9 Å². The highest BCUT2D eigenvalue weighted by Crippen LogP contribution is 2.24. The third-order valence-corrected chi connectivity index (χ3v) is 12.0. The number of hydrogen-bond acceptors (Lipinski definition) is 17. The molecule has 28 heteroatoms. The molecular formula is C43H74N16O11S. The number of aliphatic hydroxyl groups excluding tert-OH is 1. The standard InChI is InChI=1S/C43H74N16O11S/c1-24(53-39(66)33(30(60)22-47)57-36(63)25(48)10-2-4-16-44)35(62)52-23-32(61)54-27(12-6-18-46)41(68)59-20-8-14-29(59)38(65)58-34(31-15-9-21-71-31)40(67)55-26(11-3-5-17-45)37(64)56-28(42(69)70)13-7-19-51-43(49)50/h9,13,15,21,24-27,29-30,33-34,60H,2-8,10-12,14,16-20,22-23,44-48H2,1H3,(H,52,62)(H,53,66)(H,54,61)(H,55,67)(H,56,64)(H,57,63)(H,58,65)(H,69,70)(H4,49,50,51)/b28-13-/t24-,25-,26-,27+,29-,30-,33-,34?/m0/s1. The molecule has 8 atom stereocenters. The van der Waals surface area contributed by atoms with Crippen LogP contribution in [0.4, 0.5) is 0 Å². The van der Waals surface area contributed by atoms with E-state index in [4.69, 9.17) is 40.1 Å². The Bertz CT molecular complexity index is 1990. The van der Waals surface area contributed by atoms with Gasteiger partial charge in [-0.05, 0) is 102 Å². The summed E-state index contributed by atoms with van der Waals surface area (Å²) in [6.45, 7) is 1.24. The van der Waals surface area contributed by atoms with Crippen LogP contribution >= 0.6 is 11.3 Å². The summed E-state index contributed by atoms with van der Waals surface area (Å²) in [5.74, 6) is -7.91. The largest absolute Gasteiger partial charge is 0.477 e. The van der Waals surface area contributed by atoms with Crippen molar-refractivity contribution in [2.45, 2.75) is 126 Å². The lowest BCUT2D eigenvalue weighted by atomic mass is 10.1. The number of hydrogen-bond donors (Lipinski definition) is 16. The molecule has 2 rings (SSSR count). The molecule has 0 aliphatic carbocycles. The smallest absolute Gasteiger partial charge is 0.352 e. The summed E-state index contributed by atoms with van der Waals surface area (Å²) in [7, 11) is 0. The zero-order chi connectivity index (χ0) is 53.0. The van der Waals surface area contributed by atoms with Crippen LogP contribution in [-0.2, 0) is 43.2 Å². The van der Waals surface area contributed by atoms with Crippen LogP contribution in [0.5, 0.6) is 0 Å². The highest BCUT2D eigenvalue weighted by Gasteiger charge is 2.40. The van der Waals surface area contributed by atoms with E-state index in [2.05, 4.69) is 42.2 Å². The minimum atomic E-state index is -1.56. The maximum absolute atomic E-state index is 14.1. The van der Waals surface area contributed by atoms with Crippen molar-refractivity contribution < 1.29 is 53.4 Å². The number of carbonyl (C=O) groups excluding carboxylic acids is 8. The monoisotopic (exact) mass is 1020 g/mol. The second kappa shape index (κ2) is 32.6. The summed E-state index contributed by atoms with van der Waals surface area (Å²) in [4.78, 5) is 125. The Morgan fingerprint density at radius 3 is 2.08 bits per heavy atom. The molecule has 0 spiro atoms. The number of unbranched alkanes of at least 4 members (excludes halogenated alkanes) is 2. The van der Waals surface area contributed by atoms with Crippen molar-refractivity contribution in [2.24, 2.45) is 45.1 Å². The molecule has 1 aromatic rings. The third-order valence-electron chi connectivity index (χ3n) is 11.1. The second-order valence-corrected chi connectivity index (χ2v) is 17.7. The van der Waals surface area contributed by atoms with Gasteiger partial charge in [0, 0.05) is 24.5 Å². The van der Waals surface area contributed by atoms with E-state index in [9.17, 15) is 53.4 Å². The molecule has 1 unspecified atom stereocenters. The molecule has 1 fully saturated rings. The number of nitrogens with one attached hydrogen (secondary N) is 7. The van der Waals surface area contributed by atoms with Gasteiger partial charge in [0.2, 0.25) is 47.3 Å². The second-order valence-electron chi connectivity index (χ2n) is 16.7. The number of carbonyl (C=O) groups is 9. The fourth-order valence-corrected chi connectivity index (χ4v) is 7.95. The van der Waals surface area contributed by atoms with Gasteiger partial charge in [-0.15, -0.1) is 11.3 Å². The minimum Gasteiger partial charge on any atom is -0.477 e.